The first kappa shape index (κ1) is 36.6. The Hall–Kier alpha value is -1.22. The molecular formula is C33H57NO11. The molecule has 4 saturated heterocycles. The van der Waals surface area contributed by atoms with Crippen LogP contribution in [0.4, 0.5) is 0 Å². The van der Waals surface area contributed by atoms with Gasteiger partial charge in [0.2, 0.25) is 0 Å². The molecule has 0 aromatic heterocycles. The highest BCUT2D eigenvalue weighted by Crippen LogP contribution is 2.43. The zero-order valence-corrected chi connectivity index (χ0v) is 28.7. The van der Waals surface area contributed by atoms with Gasteiger partial charge >= 0.3 is 5.97 Å². The fraction of sp³-hybridized carbons (Fsp3) is 0.939. The summed E-state index contributed by atoms with van der Waals surface area (Å²) in [6.07, 6.45) is -5.32. The van der Waals surface area contributed by atoms with E-state index in [1.807, 2.05) is 39.8 Å². The summed E-state index contributed by atoms with van der Waals surface area (Å²) in [4.78, 5) is 29.6. The molecule has 260 valence electrons. The number of ketones is 1. The minimum atomic E-state index is -1.88. The fourth-order valence-corrected chi connectivity index (χ4v) is 7.67. The van der Waals surface area contributed by atoms with E-state index >= 15 is 0 Å². The van der Waals surface area contributed by atoms with Gasteiger partial charge in [-0.25, -0.2) is 0 Å². The van der Waals surface area contributed by atoms with Crippen LogP contribution in [0.1, 0.15) is 74.7 Å². The van der Waals surface area contributed by atoms with Gasteiger partial charge in [0.05, 0.1) is 55.8 Å². The first-order valence-electron chi connectivity index (χ1n) is 16.6. The van der Waals surface area contributed by atoms with Gasteiger partial charge in [0.25, 0.3) is 0 Å². The number of fused-ring (bicyclic) bond motifs is 3. The van der Waals surface area contributed by atoms with Crippen molar-refractivity contribution in [1.29, 1.82) is 0 Å². The highest BCUT2D eigenvalue weighted by atomic mass is 16.7. The van der Waals surface area contributed by atoms with Crippen LogP contribution in [-0.4, -0.2) is 132 Å². The Morgan fingerprint density at radius 3 is 2.18 bits per heavy atom. The summed E-state index contributed by atoms with van der Waals surface area (Å²) < 4.78 is 37.9. The third-order valence-electron chi connectivity index (χ3n) is 10.8. The number of ether oxygens (including phenoxy) is 6. The van der Waals surface area contributed by atoms with Gasteiger partial charge in [-0.05, 0) is 61.1 Å². The van der Waals surface area contributed by atoms with Gasteiger partial charge in [-0.2, -0.15) is 0 Å². The maximum atomic E-state index is 13.9. The number of aliphatic hydroxyl groups is 3. The lowest BCUT2D eigenvalue weighted by Crippen LogP contribution is -2.60. The van der Waals surface area contributed by atoms with E-state index < -0.39 is 83.3 Å². The number of esters is 1. The van der Waals surface area contributed by atoms with E-state index in [4.69, 9.17) is 28.4 Å². The maximum absolute atomic E-state index is 13.9. The molecule has 0 aromatic carbocycles. The number of hydrogen-bond donors (Lipinski definition) is 3. The van der Waals surface area contributed by atoms with Gasteiger partial charge in [-0.1, -0.05) is 27.7 Å². The minimum absolute atomic E-state index is 0.165. The van der Waals surface area contributed by atoms with Crippen LogP contribution in [-0.2, 0) is 38.0 Å². The molecule has 1 spiro atoms. The van der Waals surface area contributed by atoms with Crippen LogP contribution >= 0.6 is 0 Å². The lowest BCUT2D eigenvalue weighted by atomic mass is 9.74. The van der Waals surface area contributed by atoms with E-state index in [9.17, 15) is 24.9 Å². The molecule has 4 aliphatic rings. The number of aliphatic hydroxyl groups excluding tert-OH is 2. The lowest BCUT2D eigenvalue weighted by Gasteiger charge is -2.48. The molecule has 12 nitrogen and oxygen atoms in total. The van der Waals surface area contributed by atoms with E-state index in [0.29, 0.717) is 13.0 Å². The Labute approximate surface area is 268 Å². The molecule has 4 fully saturated rings. The van der Waals surface area contributed by atoms with E-state index in [0.717, 1.165) is 0 Å². The number of carbonyl (C=O) groups excluding carboxylic acids is 2. The molecule has 0 saturated carbocycles. The monoisotopic (exact) mass is 643 g/mol. The number of Topliss-reactive ketones (excluding diaryl/α,β-unsaturated/α-hetero) is 1. The number of cyclic esters (lactones) is 1. The molecular weight excluding hydrogens is 586 g/mol. The fourth-order valence-electron chi connectivity index (χ4n) is 7.67. The van der Waals surface area contributed by atoms with Crippen LogP contribution in [0.25, 0.3) is 0 Å². The molecule has 45 heavy (non-hydrogen) atoms. The first-order valence-corrected chi connectivity index (χ1v) is 16.6. The predicted octanol–water partition coefficient (Wildman–Crippen LogP) is 1.69. The van der Waals surface area contributed by atoms with E-state index in [2.05, 4.69) is 0 Å². The largest absolute Gasteiger partial charge is 0.459 e. The predicted molar refractivity (Wildman–Crippen MR) is 163 cm³/mol. The Morgan fingerprint density at radius 2 is 1.60 bits per heavy atom. The maximum Gasteiger partial charge on any atom is 0.311 e. The van der Waals surface area contributed by atoms with Crippen molar-refractivity contribution >= 4 is 11.8 Å². The van der Waals surface area contributed by atoms with Gasteiger partial charge < -0.3 is 48.6 Å². The number of hydrogen-bond acceptors (Lipinski definition) is 12. The first-order chi connectivity index (χ1) is 20.9. The second kappa shape index (κ2) is 13.7. The molecule has 4 rings (SSSR count). The molecule has 1 unspecified atom stereocenters. The smallest absolute Gasteiger partial charge is 0.311 e. The molecule has 4 heterocycles. The highest BCUT2D eigenvalue weighted by Gasteiger charge is 2.56. The van der Waals surface area contributed by atoms with Crippen LogP contribution in [0.3, 0.4) is 0 Å². The van der Waals surface area contributed by atoms with Crippen molar-refractivity contribution in [2.24, 2.45) is 23.7 Å². The number of epoxide rings is 1. The summed E-state index contributed by atoms with van der Waals surface area (Å²) >= 11 is 0. The number of rotatable bonds is 4. The quantitative estimate of drug-likeness (QED) is 0.301. The van der Waals surface area contributed by atoms with Crippen LogP contribution < -0.4 is 0 Å². The number of nitrogens with zero attached hydrogens (tertiary/aromatic N) is 1. The van der Waals surface area contributed by atoms with Crippen LogP contribution in [0.5, 0.6) is 0 Å². The Balaban J connectivity index is 1.82. The van der Waals surface area contributed by atoms with Gasteiger partial charge in [-0.15, -0.1) is 0 Å². The molecule has 0 radical (unpaired) electrons. The second-order valence-corrected chi connectivity index (χ2v) is 14.9. The summed E-state index contributed by atoms with van der Waals surface area (Å²) in [5.41, 5.74) is -3.74. The van der Waals surface area contributed by atoms with Crippen LogP contribution in [0.15, 0.2) is 0 Å². The molecule has 0 aromatic rings. The average molecular weight is 644 g/mol. The summed E-state index contributed by atoms with van der Waals surface area (Å²) in [6.45, 7) is 14.7. The molecule has 3 N–H and O–H groups in total. The highest BCUT2D eigenvalue weighted by molar-refractivity contribution is 5.83. The van der Waals surface area contributed by atoms with Gasteiger partial charge in [0.1, 0.15) is 29.2 Å². The van der Waals surface area contributed by atoms with E-state index in [-0.39, 0.29) is 44.0 Å². The third kappa shape index (κ3) is 7.44. The zero-order valence-electron chi connectivity index (χ0n) is 28.7. The van der Waals surface area contributed by atoms with Crippen LogP contribution in [0, 0.1) is 23.7 Å². The normalized spacial score (nSPS) is 50.4. The van der Waals surface area contributed by atoms with Crippen molar-refractivity contribution in [3.8, 4) is 0 Å². The van der Waals surface area contributed by atoms with Crippen molar-refractivity contribution < 1.29 is 53.3 Å². The van der Waals surface area contributed by atoms with Gasteiger partial charge in [0, 0.05) is 23.8 Å². The van der Waals surface area contributed by atoms with E-state index in [1.54, 1.807) is 27.7 Å². The standard InChI is InChI=1S/C33H57NO11/c1-11-23-32(8,39)27(37)19(4)24(35)17(2)13-31(7)28(45-30-25(36)22(34(9)10)12-18(3)43-30)20(5)26(21(6)29(38)44-23)40-14-33(15-41-31)16-42-33/h17-23,25-28,30,36-37,39H,11-16H2,1-10H3/t17-,18-,19+,20-,21-,22+,23-,25-,26+,27+,28-,30-,31-,32-,33?/m1/s1. The van der Waals surface area contributed by atoms with Crippen molar-refractivity contribution in [3.05, 3.63) is 0 Å². The number of likely N-dealkylation sites (N-methyl/N-ethyl adjacent to an activating group) is 1. The topological polar surface area (TPSA) is 157 Å². The second-order valence-electron chi connectivity index (χ2n) is 14.9. The van der Waals surface area contributed by atoms with Gasteiger partial charge in [-0.3, -0.25) is 9.59 Å². The van der Waals surface area contributed by atoms with Crippen molar-refractivity contribution in [1.82, 2.24) is 4.90 Å². The summed E-state index contributed by atoms with van der Waals surface area (Å²) in [5.74, 6) is -3.83. The molecule has 4 aliphatic heterocycles. The zero-order chi connectivity index (χ0) is 33.6. The summed E-state index contributed by atoms with van der Waals surface area (Å²) in [7, 11) is 3.80. The molecule has 0 aliphatic carbocycles. The molecule has 12 heteroatoms. The summed E-state index contributed by atoms with van der Waals surface area (Å²) in [6, 6.07) is -0.221. The van der Waals surface area contributed by atoms with Gasteiger partial charge in [0.15, 0.2) is 6.29 Å². The van der Waals surface area contributed by atoms with E-state index in [1.165, 1.54) is 6.92 Å². The Bertz CT molecular complexity index is 1050. The van der Waals surface area contributed by atoms with Crippen LogP contribution in [0.2, 0.25) is 0 Å². The molecule has 0 amide bonds. The summed E-state index contributed by atoms with van der Waals surface area (Å²) in [5, 5.41) is 34.2. The van der Waals surface area contributed by atoms with Crippen molar-refractivity contribution in [3.63, 3.8) is 0 Å². The Kier molecular flexibility index (Phi) is 11.2. The Morgan fingerprint density at radius 1 is 0.978 bits per heavy atom. The third-order valence-corrected chi connectivity index (χ3v) is 10.8. The van der Waals surface area contributed by atoms with Crippen molar-refractivity contribution in [2.45, 2.75) is 140 Å². The lowest BCUT2D eigenvalue weighted by molar-refractivity contribution is -0.303. The molecule has 15 atom stereocenters. The minimum Gasteiger partial charge on any atom is -0.459 e. The van der Waals surface area contributed by atoms with Crippen molar-refractivity contribution in [2.75, 3.05) is 33.9 Å². The molecule has 2 bridgehead atoms. The number of carbonyl (C=O) groups is 2. The average Bonchev–Trinajstić information content (AvgIpc) is 3.75. The SMILES string of the molecule is CC[C@H]1OC(=O)[C@H](C)[C@H]2OCC3(CO3)CO[C@](C)(C[C@@H](C)C(=O)[C@H](C)[C@H](O)[C@]1(C)O)[C@H](O[C@H]1O[C@H](C)C[C@H](N(C)C)[C@H]1O)[C@@H]2C.